The number of nitrogens with zero attached hydrogens (tertiary/aromatic N) is 1. The van der Waals surface area contributed by atoms with Crippen molar-refractivity contribution in [2.75, 3.05) is 11.4 Å². The first kappa shape index (κ1) is 16.0. The summed E-state index contributed by atoms with van der Waals surface area (Å²) in [6.45, 7) is 5.34. The van der Waals surface area contributed by atoms with Gasteiger partial charge in [-0.05, 0) is 31.0 Å². The van der Waals surface area contributed by atoms with E-state index in [-0.39, 0.29) is 6.54 Å². The SMILES string of the molecule is CCc1ccc(N(CC(C)C(=O)O)C(C)C(=O)O)cc1. The molecule has 5 heteroatoms. The quantitative estimate of drug-likeness (QED) is 0.800. The fourth-order valence-electron chi connectivity index (χ4n) is 1.92. The molecule has 0 aliphatic heterocycles. The third-order valence-corrected chi connectivity index (χ3v) is 3.39. The monoisotopic (exact) mass is 279 g/mol. The van der Waals surface area contributed by atoms with Crippen LogP contribution in [-0.4, -0.2) is 34.7 Å². The fourth-order valence-corrected chi connectivity index (χ4v) is 1.92. The van der Waals surface area contributed by atoms with Gasteiger partial charge in [0.1, 0.15) is 6.04 Å². The first-order chi connectivity index (χ1) is 9.36. The molecular weight excluding hydrogens is 258 g/mol. The van der Waals surface area contributed by atoms with Gasteiger partial charge in [0, 0.05) is 12.2 Å². The van der Waals surface area contributed by atoms with Crippen LogP contribution in [0.25, 0.3) is 0 Å². The highest BCUT2D eigenvalue weighted by Gasteiger charge is 2.25. The largest absolute Gasteiger partial charge is 0.481 e. The molecule has 0 saturated carbocycles. The van der Waals surface area contributed by atoms with E-state index in [4.69, 9.17) is 5.11 Å². The molecule has 1 aromatic rings. The van der Waals surface area contributed by atoms with E-state index in [2.05, 4.69) is 0 Å². The van der Waals surface area contributed by atoms with Crippen LogP contribution in [0.5, 0.6) is 0 Å². The Kier molecular flexibility index (Phi) is 5.55. The highest BCUT2D eigenvalue weighted by molar-refractivity contribution is 5.78. The first-order valence-corrected chi connectivity index (χ1v) is 6.68. The molecule has 0 fully saturated rings. The number of aliphatic carboxylic acids is 2. The molecule has 0 amide bonds. The molecule has 110 valence electrons. The van der Waals surface area contributed by atoms with Crippen LogP contribution in [0.4, 0.5) is 5.69 Å². The van der Waals surface area contributed by atoms with E-state index in [1.165, 1.54) is 0 Å². The average molecular weight is 279 g/mol. The molecule has 2 atom stereocenters. The van der Waals surface area contributed by atoms with Crippen LogP contribution < -0.4 is 4.90 Å². The summed E-state index contributed by atoms with van der Waals surface area (Å²) >= 11 is 0. The summed E-state index contributed by atoms with van der Waals surface area (Å²) in [5.74, 6) is -2.54. The molecule has 2 unspecified atom stereocenters. The summed E-state index contributed by atoms with van der Waals surface area (Å²) in [4.78, 5) is 23.8. The predicted molar refractivity (Wildman–Crippen MR) is 77.1 cm³/mol. The third-order valence-electron chi connectivity index (χ3n) is 3.39. The number of aryl methyl sites for hydroxylation is 1. The van der Waals surface area contributed by atoms with Crippen molar-refractivity contribution < 1.29 is 19.8 Å². The van der Waals surface area contributed by atoms with E-state index >= 15 is 0 Å². The van der Waals surface area contributed by atoms with Gasteiger partial charge in [0.15, 0.2) is 0 Å². The second kappa shape index (κ2) is 6.93. The van der Waals surface area contributed by atoms with Crippen LogP contribution >= 0.6 is 0 Å². The van der Waals surface area contributed by atoms with Crippen molar-refractivity contribution in [3.05, 3.63) is 29.8 Å². The Hall–Kier alpha value is -2.04. The summed E-state index contributed by atoms with van der Waals surface area (Å²) in [6.07, 6.45) is 0.903. The predicted octanol–water partition coefficient (Wildman–Crippen LogP) is 2.25. The number of rotatable bonds is 7. The van der Waals surface area contributed by atoms with E-state index in [1.807, 2.05) is 31.2 Å². The average Bonchev–Trinajstić information content (AvgIpc) is 2.43. The number of hydrogen-bond acceptors (Lipinski definition) is 3. The van der Waals surface area contributed by atoms with Gasteiger partial charge in [0.2, 0.25) is 0 Å². The maximum atomic E-state index is 11.2. The van der Waals surface area contributed by atoms with Crippen molar-refractivity contribution in [3.63, 3.8) is 0 Å². The van der Waals surface area contributed by atoms with Gasteiger partial charge >= 0.3 is 11.9 Å². The zero-order chi connectivity index (χ0) is 15.3. The summed E-state index contributed by atoms with van der Waals surface area (Å²) in [6, 6.07) is 6.77. The molecule has 5 nitrogen and oxygen atoms in total. The van der Waals surface area contributed by atoms with Gasteiger partial charge in [-0.3, -0.25) is 4.79 Å². The Morgan fingerprint density at radius 1 is 1.10 bits per heavy atom. The molecule has 1 rings (SSSR count). The van der Waals surface area contributed by atoms with E-state index < -0.39 is 23.9 Å². The molecule has 0 aromatic heterocycles. The Balaban J connectivity index is 3.02. The normalized spacial score (nSPS) is 13.6. The lowest BCUT2D eigenvalue weighted by molar-refractivity contribution is -0.142. The van der Waals surface area contributed by atoms with Crippen LogP contribution in [0, 0.1) is 5.92 Å². The fraction of sp³-hybridized carbons (Fsp3) is 0.467. The Bertz CT molecular complexity index is 469. The number of hydrogen-bond donors (Lipinski definition) is 2. The lowest BCUT2D eigenvalue weighted by atomic mass is 10.1. The van der Waals surface area contributed by atoms with Gasteiger partial charge in [0.05, 0.1) is 5.92 Å². The van der Waals surface area contributed by atoms with Gasteiger partial charge in [-0.1, -0.05) is 26.0 Å². The molecular formula is C15H21NO4. The molecule has 0 aliphatic rings. The first-order valence-electron chi connectivity index (χ1n) is 6.68. The third kappa shape index (κ3) is 3.98. The van der Waals surface area contributed by atoms with E-state index in [0.29, 0.717) is 0 Å². The minimum absolute atomic E-state index is 0.161. The summed E-state index contributed by atoms with van der Waals surface area (Å²) in [5, 5.41) is 18.2. The molecule has 20 heavy (non-hydrogen) atoms. The molecule has 2 N–H and O–H groups in total. The van der Waals surface area contributed by atoms with Crippen molar-refractivity contribution in [3.8, 4) is 0 Å². The number of carboxylic acids is 2. The number of carbonyl (C=O) groups is 2. The van der Waals surface area contributed by atoms with Crippen LogP contribution in [-0.2, 0) is 16.0 Å². The standard InChI is InChI=1S/C15H21NO4/c1-4-12-5-7-13(8-6-12)16(11(3)15(19)20)9-10(2)14(17)18/h5-8,10-11H,4,9H2,1-3H3,(H,17,18)(H,19,20). The smallest absolute Gasteiger partial charge is 0.326 e. The van der Waals surface area contributed by atoms with Crippen molar-refractivity contribution in [1.82, 2.24) is 0 Å². The van der Waals surface area contributed by atoms with E-state index in [1.54, 1.807) is 18.7 Å². The van der Waals surface area contributed by atoms with Crippen molar-refractivity contribution >= 4 is 17.6 Å². The molecule has 0 aliphatic carbocycles. The van der Waals surface area contributed by atoms with Crippen LogP contribution in [0.3, 0.4) is 0 Å². The van der Waals surface area contributed by atoms with E-state index in [0.717, 1.165) is 17.7 Å². The van der Waals surface area contributed by atoms with Crippen molar-refractivity contribution in [1.29, 1.82) is 0 Å². The minimum atomic E-state index is -0.970. The van der Waals surface area contributed by atoms with Gasteiger partial charge in [-0.25, -0.2) is 4.79 Å². The van der Waals surface area contributed by atoms with Crippen molar-refractivity contribution in [2.45, 2.75) is 33.2 Å². The molecule has 0 spiro atoms. The van der Waals surface area contributed by atoms with Crippen LogP contribution in [0.15, 0.2) is 24.3 Å². The zero-order valence-electron chi connectivity index (χ0n) is 12.0. The summed E-state index contributed by atoms with van der Waals surface area (Å²) in [7, 11) is 0. The Labute approximate surface area is 118 Å². The number of carboxylic acid groups (broad SMARTS) is 2. The van der Waals surface area contributed by atoms with Crippen LogP contribution in [0.1, 0.15) is 26.3 Å². The maximum absolute atomic E-state index is 11.2. The lowest BCUT2D eigenvalue weighted by Gasteiger charge is -2.30. The highest BCUT2D eigenvalue weighted by Crippen LogP contribution is 2.20. The molecule has 0 saturated heterocycles. The minimum Gasteiger partial charge on any atom is -0.481 e. The summed E-state index contributed by atoms with van der Waals surface area (Å²) in [5.41, 5.74) is 1.88. The summed E-state index contributed by atoms with van der Waals surface area (Å²) < 4.78 is 0. The second-order valence-electron chi connectivity index (χ2n) is 4.93. The highest BCUT2D eigenvalue weighted by atomic mass is 16.4. The number of benzene rings is 1. The van der Waals surface area contributed by atoms with Gasteiger partial charge < -0.3 is 15.1 Å². The second-order valence-corrected chi connectivity index (χ2v) is 4.93. The van der Waals surface area contributed by atoms with Crippen LogP contribution in [0.2, 0.25) is 0 Å². The maximum Gasteiger partial charge on any atom is 0.326 e. The molecule has 0 bridgehead atoms. The molecule has 0 heterocycles. The zero-order valence-corrected chi connectivity index (χ0v) is 12.0. The van der Waals surface area contributed by atoms with Gasteiger partial charge in [-0.15, -0.1) is 0 Å². The lowest BCUT2D eigenvalue weighted by Crippen LogP contribution is -2.43. The van der Waals surface area contributed by atoms with E-state index in [9.17, 15) is 14.7 Å². The Morgan fingerprint density at radius 2 is 1.65 bits per heavy atom. The van der Waals surface area contributed by atoms with Crippen molar-refractivity contribution in [2.24, 2.45) is 5.92 Å². The van der Waals surface area contributed by atoms with Gasteiger partial charge in [-0.2, -0.15) is 0 Å². The topological polar surface area (TPSA) is 77.8 Å². The van der Waals surface area contributed by atoms with Gasteiger partial charge in [0.25, 0.3) is 0 Å². The Morgan fingerprint density at radius 3 is 2.05 bits per heavy atom. The number of anilines is 1. The molecule has 0 radical (unpaired) electrons. The molecule has 1 aromatic carbocycles.